The molecule has 0 spiro atoms. The summed E-state index contributed by atoms with van der Waals surface area (Å²) in [5.41, 5.74) is 3.95. The van der Waals surface area contributed by atoms with Crippen LogP contribution in [0.3, 0.4) is 0 Å². The van der Waals surface area contributed by atoms with Gasteiger partial charge in [0.1, 0.15) is 5.82 Å². The number of carboxylic acid groups (broad SMARTS) is 1. The second-order valence-corrected chi connectivity index (χ2v) is 12.2. The van der Waals surface area contributed by atoms with E-state index in [-0.39, 0.29) is 16.3 Å². The number of hydrogen-bond donors (Lipinski definition) is 3. The number of aromatic nitrogens is 2. The van der Waals surface area contributed by atoms with Gasteiger partial charge in [0.05, 0.1) is 16.2 Å². The molecule has 0 saturated heterocycles. The number of nitrogens with zero attached hydrogens (tertiary/aromatic N) is 3. The summed E-state index contributed by atoms with van der Waals surface area (Å²) in [6.45, 7) is 2.52. The molecule has 0 saturated carbocycles. The number of benzene rings is 4. The third-order valence-electron chi connectivity index (χ3n) is 7.55. The fraction of sp³-hybridized carbons (Fsp3) is 0.182. The second kappa shape index (κ2) is 12.2. The SMILES string of the molecule is O=C(O)c1ccc(CCNc2nc3c(c(NS(=O)(=O)c4ccc5ccccc5c4)n2)CN(Cc2ccccc2)CC3)cc1. The Kier molecular flexibility index (Phi) is 8.04. The van der Waals surface area contributed by atoms with Gasteiger partial charge in [0.2, 0.25) is 5.95 Å². The van der Waals surface area contributed by atoms with Gasteiger partial charge in [-0.25, -0.2) is 18.2 Å². The molecule has 0 aliphatic carbocycles. The van der Waals surface area contributed by atoms with Crippen LogP contribution in [0.15, 0.2) is 102 Å². The quantitative estimate of drug-likeness (QED) is 0.198. The monoisotopic (exact) mass is 593 g/mol. The van der Waals surface area contributed by atoms with Crippen LogP contribution >= 0.6 is 0 Å². The first-order valence-corrected chi connectivity index (χ1v) is 15.6. The lowest BCUT2D eigenvalue weighted by atomic mass is 10.1. The standard InChI is InChI=1S/C33H31N5O4S/c39-32(40)26-12-10-23(11-13-26)16-18-34-33-35-30-17-19-38(21-24-6-2-1-3-7-24)22-29(30)31(36-33)37-43(41,42)28-15-14-25-8-4-5-9-27(25)20-28/h1-15,20H,16-19,21-22H2,(H,39,40)(H2,34,35,36,37). The van der Waals surface area contributed by atoms with E-state index in [2.05, 4.69) is 32.1 Å². The number of anilines is 2. The molecule has 218 valence electrons. The Morgan fingerprint density at radius 3 is 2.37 bits per heavy atom. The van der Waals surface area contributed by atoms with E-state index in [1.54, 1.807) is 42.5 Å². The lowest BCUT2D eigenvalue weighted by Crippen LogP contribution is -2.32. The van der Waals surface area contributed by atoms with Gasteiger partial charge in [-0.3, -0.25) is 9.62 Å². The molecule has 3 N–H and O–H groups in total. The van der Waals surface area contributed by atoms with Crippen molar-refractivity contribution in [2.75, 3.05) is 23.1 Å². The molecular weight excluding hydrogens is 562 g/mol. The Morgan fingerprint density at radius 1 is 0.860 bits per heavy atom. The largest absolute Gasteiger partial charge is 0.478 e. The molecule has 10 heteroatoms. The molecule has 43 heavy (non-hydrogen) atoms. The zero-order chi connectivity index (χ0) is 29.8. The Hall–Kier alpha value is -4.80. The summed E-state index contributed by atoms with van der Waals surface area (Å²) < 4.78 is 30.1. The predicted molar refractivity (Wildman–Crippen MR) is 167 cm³/mol. The van der Waals surface area contributed by atoms with Crippen molar-refractivity contribution in [2.45, 2.75) is 30.8 Å². The van der Waals surface area contributed by atoms with Gasteiger partial charge in [-0.15, -0.1) is 0 Å². The second-order valence-electron chi connectivity index (χ2n) is 10.6. The van der Waals surface area contributed by atoms with E-state index in [0.29, 0.717) is 31.9 Å². The van der Waals surface area contributed by atoms with Crippen LogP contribution in [0.2, 0.25) is 0 Å². The van der Waals surface area contributed by atoms with E-state index in [0.717, 1.165) is 40.7 Å². The zero-order valence-electron chi connectivity index (χ0n) is 23.4. The maximum absolute atomic E-state index is 13.6. The van der Waals surface area contributed by atoms with E-state index in [1.807, 2.05) is 42.5 Å². The van der Waals surface area contributed by atoms with Gasteiger partial charge in [0.25, 0.3) is 10.0 Å². The fourth-order valence-electron chi connectivity index (χ4n) is 5.26. The summed E-state index contributed by atoms with van der Waals surface area (Å²) in [7, 11) is -3.94. The Morgan fingerprint density at radius 2 is 1.60 bits per heavy atom. The van der Waals surface area contributed by atoms with Crippen molar-refractivity contribution in [1.29, 1.82) is 0 Å². The third-order valence-corrected chi connectivity index (χ3v) is 8.88. The lowest BCUT2D eigenvalue weighted by Gasteiger charge is -2.29. The van der Waals surface area contributed by atoms with Gasteiger partial charge in [-0.05, 0) is 52.6 Å². The average Bonchev–Trinajstić information content (AvgIpc) is 3.02. The summed E-state index contributed by atoms with van der Waals surface area (Å²) in [6.07, 6.45) is 1.27. The molecule has 5 aromatic rings. The summed E-state index contributed by atoms with van der Waals surface area (Å²) in [5.74, 6) is -0.356. The highest BCUT2D eigenvalue weighted by Gasteiger charge is 2.26. The van der Waals surface area contributed by atoms with Crippen LogP contribution in [-0.2, 0) is 36.0 Å². The number of hydrogen-bond acceptors (Lipinski definition) is 7. The maximum atomic E-state index is 13.6. The zero-order valence-corrected chi connectivity index (χ0v) is 24.2. The molecule has 2 heterocycles. The summed E-state index contributed by atoms with van der Waals surface area (Å²) in [5, 5.41) is 14.2. The number of sulfonamides is 1. The van der Waals surface area contributed by atoms with Crippen molar-refractivity contribution in [3.8, 4) is 0 Å². The van der Waals surface area contributed by atoms with Crippen LogP contribution in [0.25, 0.3) is 10.8 Å². The molecule has 0 bridgehead atoms. The molecule has 1 aromatic heterocycles. The average molecular weight is 594 g/mol. The third kappa shape index (κ3) is 6.66. The minimum Gasteiger partial charge on any atom is -0.478 e. The smallest absolute Gasteiger partial charge is 0.335 e. The van der Waals surface area contributed by atoms with Gasteiger partial charge in [0, 0.05) is 38.2 Å². The van der Waals surface area contributed by atoms with E-state index >= 15 is 0 Å². The molecule has 9 nitrogen and oxygen atoms in total. The Bertz CT molecular complexity index is 1880. The van der Waals surface area contributed by atoms with E-state index in [4.69, 9.17) is 10.1 Å². The van der Waals surface area contributed by atoms with Crippen LogP contribution in [0.1, 0.15) is 32.7 Å². The van der Waals surface area contributed by atoms with Gasteiger partial charge in [-0.1, -0.05) is 72.8 Å². The maximum Gasteiger partial charge on any atom is 0.335 e. The van der Waals surface area contributed by atoms with Crippen molar-refractivity contribution in [3.05, 3.63) is 125 Å². The molecule has 1 aliphatic rings. The van der Waals surface area contributed by atoms with Crippen molar-refractivity contribution >= 4 is 38.5 Å². The highest BCUT2D eigenvalue weighted by Crippen LogP contribution is 2.29. The first-order chi connectivity index (χ1) is 20.8. The molecule has 0 radical (unpaired) electrons. The van der Waals surface area contributed by atoms with E-state index in [9.17, 15) is 13.2 Å². The van der Waals surface area contributed by atoms with Gasteiger partial charge in [-0.2, -0.15) is 4.98 Å². The van der Waals surface area contributed by atoms with Crippen molar-refractivity contribution in [1.82, 2.24) is 14.9 Å². The highest BCUT2D eigenvalue weighted by molar-refractivity contribution is 7.92. The molecule has 0 fully saturated rings. The molecule has 0 amide bonds. The van der Waals surface area contributed by atoms with Crippen LogP contribution in [-0.4, -0.2) is 47.5 Å². The van der Waals surface area contributed by atoms with Gasteiger partial charge in [0.15, 0.2) is 0 Å². The van der Waals surface area contributed by atoms with Crippen molar-refractivity contribution in [3.63, 3.8) is 0 Å². The number of nitrogens with one attached hydrogen (secondary N) is 2. The minimum atomic E-state index is -3.94. The fourth-order valence-corrected chi connectivity index (χ4v) is 6.33. The first kappa shape index (κ1) is 28.3. The molecule has 4 aromatic carbocycles. The number of carboxylic acids is 1. The number of fused-ring (bicyclic) bond motifs is 2. The number of aromatic carboxylic acids is 1. The molecule has 0 atom stereocenters. The van der Waals surface area contributed by atoms with Crippen LogP contribution in [0.5, 0.6) is 0 Å². The normalized spacial score (nSPS) is 13.4. The first-order valence-electron chi connectivity index (χ1n) is 14.1. The van der Waals surface area contributed by atoms with Crippen LogP contribution in [0, 0.1) is 0 Å². The summed E-state index contributed by atoms with van der Waals surface area (Å²) in [6, 6.07) is 29.6. The van der Waals surface area contributed by atoms with Gasteiger partial charge < -0.3 is 10.4 Å². The number of rotatable bonds is 10. The summed E-state index contributed by atoms with van der Waals surface area (Å²) >= 11 is 0. The predicted octanol–water partition coefficient (Wildman–Crippen LogP) is 5.34. The minimum absolute atomic E-state index is 0.162. The summed E-state index contributed by atoms with van der Waals surface area (Å²) in [4.78, 5) is 23.0. The Balaban J connectivity index is 1.26. The number of carbonyl (C=O) groups is 1. The van der Waals surface area contributed by atoms with Crippen LogP contribution in [0.4, 0.5) is 11.8 Å². The van der Waals surface area contributed by atoms with E-state index in [1.165, 1.54) is 5.56 Å². The lowest BCUT2D eigenvalue weighted by molar-refractivity contribution is 0.0697. The molecule has 0 unspecified atom stereocenters. The van der Waals surface area contributed by atoms with Gasteiger partial charge >= 0.3 is 5.97 Å². The topological polar surface area (TPSA) is 125 Å². The molecular formula is C33H31N5O4S. The van der Waals surface area contributed by atoms with Crippen LogP contribution < -0.4 is 10.0 Å². The van der Waals surface area contributed by atoms with Crippen molar-refractivity contribution in [2.24, 2.45) is 0 Å². The highest BCUT2D eigenvalue weighted by atomic mass is 32.2. The van der Waals surface area contributed by atoms with Crippen molar-refractivity contribution < 1.29 is 18.3 Å². The Labute approximate surface area is 250 Å². The molecule has 6 rings (SSSR count). The van der Waals surface area contributed by atoms with E-state index < -0.39 is 16.0 Å². The molecule has 1 aliphatic heterocycles.